The number of aromatic nitrogens is 1. The van der Waals surface area contributed by atoms with Crippen molar-refractivity contribution in [1.29, 1.82) is 0 Å². The molecule has 5 nitrogen and oxygen atoms in total. The fourth-order valence-corrected chi connectivity index (χ4v) is 2.59. The molecule has 0 saturated carbocycles. The molecule has 1 fully saturated rings. The predicted molar refractivity (Wildman–Crippen MR) is 76.9 cm³/mol. The van der Waals surface area contributed by atoms with E-state index in [0.717, 1.165) is 35.4 Å². The molecular formula is C15H24N2O3. The lowest BCUT2D eigenvalue weighted by Gasteiger charge is -2.36. The molecule has 1 aliphatic rings. The molecule has 1 aliphatic heterocycles. The maximum absolute atomic E-state index is 6.10. The molecule has 0 aliphatic carbocycles. The van der Waals surface area contributed by atoms with E-state index < -0.39 is 0 Å². The number of hydrogen-bond acceptors (Lipinski definition) is 5. The zero-order valence-corrected chi connectivity index (χ0v) is 12.6. The minimum atomic E-state index is -0.273. The van der Waals surface area contributed by atoms with Crippen molar-refractivity contribution < 1.29 is 14.2 Å². The maximum atomic E-state index is 6.10. The first-order valence-corrected chi connectivity index (χ1v) is 7.03. The van der Waals surface area contributed by atoms with Crippen LogP contribution < -0.4 is 10.5 Å². The second-order valence-corrected chi connectivity index (χ2v) is 5.33. The minimum absolute atomic E-state index is 0.273. The second kappa shape index (κ2) is 6.52. The summed E-state index contributed by atoms with van der Waals surface area (Å²) < 4.78 is 16.9. The van der Waals surface area contributed by atoms with Crippen molar-refractivity contribution >= 4 is 0 Å². The third-order valence-electron chi connectivity index (χ3n) is 4.04. The number of hydrogen-bond donors (Lipinski definition) is 1. The summed E-state index contributed by atoms with van der Waals surface area (Å²) >= 11 is 0. The van der Waals surface area contributed by atoms with Crippen LogP contribution >= 0.6 is 0 Å². The zero-order chi connectivity index (χ0) is 14.6. The molecule has 0 bridgehead atoms. The maximum Gasteiger partial charge on any atom is 0.128 e. The molecule has 0 radical (unpaired) electrons. The van der Waals surface area contributed by atoms with E-state index in [2.05, 4.69) is 4.98 Å². The normalized spacial score (nSPS) is 18.0. The van der Waals surface area contributed by atoms with Gasteiger partial charge >= 0.3 is 0 Å². The average molecular weight is 280 g/mol. The highest BCUT2D eigenvalue weighted by Gasteiger charge is 2.32. The molecule has 0 aromatic carbocycles. The van der Waals surface area contributed by atoms with Gasteiger partial charge in [-0.05, 0) is 13.8 Å². The average Bonchev–Trinajstić information content (AvgIpc) is 2.48. The summed E-state index contributed by atoms with van der Waals surface area (Å²) in [5, 5.41) is 0. The van der Waals surface area contributed by atoms with Gasteiger partial charge < -0.3 is 19.9 Å². The molecule has 1 aromatic heterocycles. The molecule has 1 saturated heterocycles. The van der Waals surface area contributed by atoms with Crippen molar-refractivity contribution in [3.05, 3.63) is 23.0 Å². The van der Waals surface area contributed by atoms with Gasteiger partial charge in [-0.2, -0.15) is 0 Å². The van der Waals surface area contributed by atoms with Gasteiger partial charge in [-0.25, -0.2) is 0 Å². The quantitative estimate of drug-likeness (QED) is 0.889. The van der Waals surface area contributed by atoms with Gasteiger partial charge in [0, 0.05) is 49.9 Å². The molecule has 2 N–H and O–H groups in total. The minimum Gasteiger partial charge on any atom is -0.496 e. The van der Waals surface area contributed by atoms with Crippen molar-refractivity contribution in [3.8, 4) is 5.75 Å². The highest BCUT2D eigenvalue weighted by Crippen LogP contribution is 2.28. The summed E-state index contributed by atoms with van der Waals surface area (Å²) in [5.41, 5.74) is 8.60. The van der Waals surface area contributed by atoms with Crippen molar-refractivity contribution in [2.45, 2.75) is 38.9 Å². The number of nitrogens with zero attached hydrogens (tertiary/aromatic N) is 1. The van der Waals surface area contributed by atoms with Crippen LogP contribution in [0.25, 0.3) is 0 Å². The van der Waals surface area contributed by atoms with Gasteiger partial charge in [-0.1, -0.05) is 0 Å². The number of ether oxygens (including phenoxy) is 3. The van der Waals surface area contributed by atoms with E-state index in [-0.39, 0.29) is 5.60 Å². The fourth-order valence-electron chi connectivity index (χ4n) is 2.59. The van der Waals surface area contributed by atoms with E-state index >= 15 is 0 Å². The third kappa shape index (κ3) is 3.11. The molecule has 0 unspecified atom stereocenters. The zero-order valence-electron chi connectivity index (χ0n) is 12.6. The van der Waals surface area contributed by atoms with Crippen LogP contribution in [-0.2, 0) is 16.1 Å². The number of aryl methyl sites for hydroxylation is 1. The van der Waals surface area contributed by atoms with E-state index in [0.29, 0.717) is 26.4 Å². The number of methoxy groups -OCH3 is 1. The number of pyridine rings is 1. The Kier molecular flexibility index (Phi) is 4.96. The van der Waals surface area contributed by atoms with Crippen molar-refractivity contribution in [1.82, 2.24) is 4.98 Å². The summed E-state index contributed by atoms with van der Waals surface area (Å²) in [4.78, 5) is 4.46. The van der Waals surface area contributed by atoms with Gasteiger partial charge in [0.05, 0.1) is 25.0 Å². The van der Waals surface area contributed by atoms with Crippen molar-refractivity contribution in [2.75, 3.05) is 26.9 Å². The molecule has 112 valence electrons. The van der Waals surface area contributed by atoms with Crippen LogP contribution in [-0.4, -0.2) is 37.5 Å². The summed E-state index contributed by atoms with van der Waals surface area (Å²) in [6.45, 7) is 6.39. The second-order valence-electron chi connectivity index (χ2n) is 5.33. The summed E-state index contributed by atoms with van der Waals surface area (Å²) in [5.74, 6) is 0.882. The Morgan fingerprint density at radius 1 is 1.35 bits per heavy atom. The molecule has 0 atom stereocenters. The third-order valence-corrected chi connectivity index (χ3v) is 4.04. The van der Waals surface area contributed by atoms with Crippen LogP contribution in [0.15, 0.2) is 6.20 Å². The first-order valence-electron chi connectivity index (χ1n) is 7.03. The summed E-state index contributed by atoms with van der Waals surface area (Å²) in [6, 6.07) is 0. The Balaban J connectivity index is 2.10. The van der Waals surface area contributed by atoms with Crippen molar-refractivity contribution in [3.63, 3.8) is 0 Å². The van der Waals surface area contributed by atoms with Gasteiger partial charge in [-0.3, -0.25) is 4.98 Å². The molecule has 20 heavy (non-hydrogen) atoms. The Bertz CT molecular complexity index is 457. The number of nitrogens with two attached hydrogens (primary N) is 1. The SMILES string of the molecule is COc1c(C)cnc(COC2(CN)CCOCC2)c1C. The smallest absolute Gasteiger partial charge is 0.128 e. The topological polar surface area (TPSA) is 66.6 Å². The van der Waals surface area contributed by atoms with E-state index in [4.69, 9.17) is 19.9 Å². The fraction of sp³-hybridized carbons (Fsp3) is 0.667. The van der Waals surface area contributed by atoms with Gasteiger partial charge in [0.25, 0.3) is 0 Å². The van der Waals surface area contributed by atoms with Crippen LogP contribution in [0.4, 0.5) is 0 Å². The van der Waals surface area contributed by atoms with E-state index in [1.807, 2.05) is 20.0 Å². The Labute approximate surface area is 120 Å². The summed E-state index contributed by atoms with van der Waals surface area (Å²) in [7, 11) is 1.68. The molecule has 0 amide bonds. The molecule has 1 aromatic rings. The molecule has 2 heterocycles. The monoisotopic (exact) mass is 280 g/mol. The Morgan fingerprint density at radius 3 is 2.65 bits per heavy atom. The van der Waals surface area contributed by atoms with Gasteiger partial charge in [0.2, 0.25) is 0 Å². The first kappa shape index (κ1) is 15.2. The Hall–Kier alpha value is -1.17. The van der Waals surface area contributed by atoms with Gasteiger partial charge in [0.15, 0.2) is 0 Å². The molecule has 0 spiro atoms. The van der Waals surface area contributed by atoms with E-state index in [1.54, 1.807) is 7.11 Å². The highest BCUT2D eigenvalue weighted by molar-refractivity contribution is 5.40. The highest BCUT2D eigenvalue weighted by atomic mass is 16.5. The molecular weight excluding hydrogens is 256 g/mol. The molecule has 2 rings (SSSR count). The largest absolute Gasteiger partial charge is 0.496 e. The first-order chi connectivity index (χ1) is 9.62. The van der Waals surface area contributed by atoms with Crippen LogP contribution in [0.5, 0.6) is 5.75 Å². The lowest BCUT2D eigenvalue weighted by atomic mass is 9.94. The summed E-state index contributed by atoms with van der Waals surface area (Å²) in [6.07, 6.45) is 3.50. The number of rotatable bonds is 5. The van der Waals surface area contributed by atoms with Crippen LogP contribution in [0, 0.1) is 13.8 Å². The Morgan fingerprint density at radius 2 is 2.05 bits per heavy atom. The van der Waals surface area contributed by atoms with Gasteiger partial charge in [-0.15, -0.1) is 0 Å². The van der Waals surface area contributed by atoms with E-state index in [9.17, 15) is 0 Å². The lowest BCUT2D eigenvalue weighted by molar-refractivity contribution is -0.113. The van der Waals surface area contributed by atoms with Gasteiger partial charge in [0.1, 0.15) is 5.75 Å². The van der Waals surface area contributed by atoms with E-state index in [1.165, 1.54) is 0 Å². The van der Waals surface area contributed by atoms with Crippen LogP contribution in [0.2, 0.25) is 0 Å². The standard InChI is InChI=1S/C15H24N2O3/c1-11-8-17-13(12(2)14(11)18-3)9-20-15(10-16)4-6-19-7-5-15/h8H,4-7,9-10,16H2,1-3H3. The van der Waals surface area contributed by atoms with Crippen LogP contribution in [0.3, 0.4) is 0 Å². The molecule has 5 heteroatoms. The predicted octanol–water partition coefficient (Wildman–Crippen LogP) is 1.73. The van der Waals surface area contributed by atoms with Crippen LogP contribution in [0.1, 0.15) is 29.7 Å². The van der Waals surface area contributed by atoms with Crippen molar-refractivity contribution in [2.24, 2.45) is 5.73 Å². The lowest BCUT2D eigenvalue weighted by Crippen LogP contribution is -2.45.